The quantitative estimate of drug-likeness (QED) is 0.614. The predicted octanol–water partition coefficient (Wildman–Crippen LogP) is 2.71. The van der Waals surface area contributed by atoms with Crippen LogP contribution < -0.4 is 0 Å². The van der Waals surface area contributed by atoms with E-state index in [0.717, 1.165) is 38.4 Å². The molecule has 152 valence electrons. The van der Waals surface area contributed by atoms with Gasteiger partial charge in [-0.2, -0.15) is 0 Å². The summed E-state index contributed by atoms with van der Waals surface area (Å²) >= 11 is 0. The molecule has 1 amide bonds. The first-order valence-electron chi connectivity index (χ1n) is 9.89. The van der Waals surface area contributed by atoms with Crippen LogP contribution in [0.5, 0.6) is 0 Å². The summed E-state index contributed by atoms with van der Waals surface area (Å²) in [7, 11) is 1.92. The number of carbonyl (C=O) groups is 1. The van der Waals surface area contributed by atoms with Crippen LogP contribution in [-0.4, -0.2) is 65.5 Å². The average molecular weight is 394 g/mol. The van der Waals surface area contributed by atoms with E-state index in [2.05, 4.69) is 34.3 Å². The zero-order chi connectivity index (χ0) is 20.1. The van der Waals surface area contributed by atoms with Crippen molar-refractivity contribution in [3.63, 3.8) is 0 Å². The van der Waals surface area contributed by atoms with Gasteiger partial charge in [-0.05, 0) is 24.7 Å². The van der Waals surface area contributed by atoms with Crippen molar-refractivity contribution in [2.45, 2.75) is 13.1 Å². The van der Waals surface area contributed by atoms with Crippen molar-refractivity contribution in [1.29, 1.82) is 0 Å². The highest BCUT2D eigenvalue weighted by Gasteiger charge is 2.22. The van der Waals surface area contributed by atoms with Crippen LogP contribution in [0.25, 0.3) is 11.5 Å². The molecule has 0 atom stereocenters. The molecule has 0 radical (unpaired) electrons. The zero-order valence-electron chi connectivity index (χ0n) is 16.7. The summed E-state index contributed by atoms with van der Waals surface area (Å²) < 4.78 is 10.6. The second kappa shape index (κ2) is 9.07. The predicted molar refractivity (Wildman–Crippen MR) is 109 cm³/mol. The van der Waals surface area contributed by atoms with Gasteiger partial charge in [-0.15, -0.1) is 0 Å². The molecule has 1 aromatic carbocycles. The Hall–Kier alpha value is -2.90. The lowest BCUT2D eigenvalue weighted by Crippen LogP contribution is -2.50. The average Bonchev–Trinajstić information content (AvgIpc) is 3.41. The summed E-state index contributed by atoms with van der Waals surface area (Å²) in [5, 5.41) is 4.07. The van der Waals surface area contributed by atoms with Crippen molar-refractivity contribution in [3.8, 4) is 11.5 Å². The number of carbonyl (C=O) groups excluding carboxylic acids is 1. The molecule has 4 rings (SSSR count). The Morgan fingerprint density at radius 3 is 2.59 bits per heavy atom. The smallest absolute Gasteiger partial charge is 0.236 e. The second-order valence-electron chi connectivity index (χ2n) is 7.47. The maximum absolute atomic E-state index is 12.7. The molecule has 3 heterocycles. The van der Waals surface area contributed by atoms with Crippen molar-refractivity contribution in [1.82, 2.24) is 19.9 Å². The molecule has 0 saturated carbocycles. The molecule has 2 aromatic heterocycles. The van der Waals surface area contributed by atoms with Crippen LogP contribution in [-0.2, 0) is 17.9 Å². The van der Waals surface area contributed by atoms with Crippen LogP contribution in [0, 0.1) is 0 Å². The standard InChI is InChI=1S/C22H26N4O3/c1-24(16-19-14-21(29-23-19)20-8-5-13-28-20)17-22(27)26-11-9-25(10-12-26)15-18-6-3-2-4-7-18/h2-8,13-14H,9-12,15-17H2,1H3. The van der Waals surface area contributed by atoms with Crippen LogP contribution in [0.1, 0.15) is 11.3 Å². The van der Waals surface area contributed by atoms with Crippen LogP contribution in [0.15, 0.2) is 63.7 Å². The number of piperazine rings is 1. The van der Waals surface area contributed by atoms with Gasteiger partial charge in [0.2, 0.25) is 11.7 Å². The molecule has 1 aliphatic heterocycles. The summed E-state index contributed by atoms with van der Waals surface area (Å²) in [6.07, 6.45) is 1.60. The number of hydrogen-bond acceptors (Lipinski definition) is 6. The molecular formula is C22H26N4O3. The Labute approximate surface area is 170 Å². The molecule has 0 N–H and O–H groups in total. The molecule has 7 heteroatoms. The maximum Gasteiger partial charge on any atom is 0.236 e. The lowest BCUT2D eigenvalue weighted by molar-refractivity contribution is -0.134. The molecular weight excluding hydrogens is 368 g/mol. The lowest BCUT2D eigenvalue weighted by Gasteiger charge is -2.35. The third kappa shape index (κ3) is 5.13. The summed E-state index contributed by atoms with van der Waals surface area (Å²) in [5.41, 5.74) is 2.09. The van der Waals surface area contributed by atoms with Crippen LogP contribution in [0.2, 0.25) is 0 Å². The van der Waals surface area contributed by atoms with E-state index in [1.807, 2.05) is 41.1 Å². The van der Waals surface area contributed by atoms with Gasteiger partial charge in [0.25, 0.3) is 0 Å². The summed E-state index contributed by atoms with van der Waals surface area (Å²) in [4.78, 5) is 19.0. The Bertz CT molecular complexity index is 899. The molecule has 0 unspecified atom stereocenters. The normalized spacial score (nSPS) is 15.2. The first-order valence-corrected chi connectivity index (χ1v) is 9.89. The van der Waals surface area contributed by atoms with Crippen LogP contribution in [0.4, 0.5) is 0 Å². The van der Waals surface area contributed by atoms with Crippen molar-refractivity contribution >= 4 is 5.91 Å². The van der Waals surface area contributed by atoms with Gasteiger partial charge in [-0.1, -0.05) is 35.5 Å². The fourth-order valence-electron chi connectivity index (χ4n) is 3.58. The van der Waals surface area contributed by atoms with E-state index in [-0.39, 0.29) is 5.91 Å². The van der Waals surface area contributed by atoms with Crippen molar-refractivity contribution in [2.24, 2.45) is 0 Å². The molecule has 1 fully saturated rings. The molecule has 29 heavy (non-hydrogen) atoms. The molecule has 1 saturated heterocycles. The number of nitrogens with zero attached hydrogens (tertiary/aromatic N) is 4. The molecule has 0 bridgehead atoms. The van der Waals surface area contributed by atoms with Crippen LogP contribution in [0.3, 0.4) is 0 Å². The molecule has 3 aromatic rings. The van der Waals surface area contributed by atoms with Gasteiger partial charge in [0.15, 0.2) is 5.76 Å². The minimum atomic E-state index is 0.154. The van der Waals surface area contributed by atoms with Crippen molar-refractivity contribution in [3.05, 3.63) is 66.1 Å². The fraction of sp³-hybridized carbons (Fsp3) is 0.364. The minimum absolute atomic E-state index is 0.154. The highest BCUT2D eigenvalue weighted by atomic mass is 16.5. The van der Waals surface area contributed by atoms with E-state index in [0.29, 0.717) is 24.6 Å². The molecule has 0 aliphatic carbocycles. The number of hydrogen-bond donors (Lipinski definition) is 0. The molecule has 1 aliphatic rings. The Kier molecular flexibility index (Phi) is 6.07. The monoisotopic (exact) mass is 394 g/mol. The SMILES string of the molecule is CN(CC(=O)N1CCN(Cc2ccccc2)CC1)Cc1cc(-c2ccco2)on1. The first kappa shape index (κ1) is 19.4. The van der Waals surface area contributed by atoms with Gasteiger partial charge in [-0.25, -0.2) is 0 Å². The van der Waals surface area contributed by atoms with E-state index in [4.69, 9.17) is 8.94 Å². The summed E-state index contributed by atoms with van der Waals surface area (Å²) in [6, 6.07) is 15.9. The van der Waals surface area contributed by atoms with E-state index in [1.54, 1.807) is 6.26 Å². The Morgan fingerprint density at radius 1 is 1.07 bits per heavy atom. The number of benzene rings is 1. The zero-order valence-corrected chi connectivity index (χ0v) is 16.7. The number of rotatable bonds is 7. The van der Waals surface area contributed by atoms with E-state index in [9.17, 15) is 4.79 Å². The summed E-state index contributed by atoms with van der Waals surface area (Å²) in [6.45, 7) is 5.19. The number of likely N-dealkylation sites (N-methyl/N-ethyl adjacent to an activating group) is 1. The number of furan rings is 1. The fourth-order valence-corrected chi connectivity index (χ4v) is 3.58. The van der Waals surface area contributed by atoms with Crippen molar-refractivity contribution < 1.29 is 13.7 Å². The topological polar surface area (TPSA) is 66.0 Å². The van der Waals surface area contributed by atoms with Gasteiger partial charge < -0.3 is 13.8 Å². The molecule has 7 nitrogen and oxygen atoms in total. The summed E-state index contributed by atoms with van der Waals surface area (Å²) in [5.74, 6) is 1.40. The van der Waals surface area contributed by atoms with Crippen LogP contribution >= 0.6 is 0 Å². The Morgan fingerprint density at radius 2 is 1.86 bits per heavy atom. The lowest BCUT2D eigenvalue weighted by atomic mass is 10.2. The van der Waals surface area contributed by atoms with Gasteiger partial charge in [0, 0.05) is 45.3 Å². The van der Waals surface area contributed by atoms with Gasteiger partial charge in [0.1, 0.15) is 0 Å². The van der Waals surface area contributed by atoms with Gasteiger partial charge in [-0.3, -0.25) is 14.6 Å². The van der Waals surface area contributed by atoms with E-state index >= 15 is 0 Å². The van der Waals surface area contributed by atoms with E-state index in [1.165, 1.54) is 5.56 Å². The number of aromatic nitrogens is 1. The van der Waals surface area contributed by atoms with Gasteiger partial charge in [0.05, 0.1) is 18.5 Å². The number of amides is 1. The highest BCUT2D eigenvalue weighted by Crippen LogP contribution is 2.21. The van der Waals surface area contributed by atoms with Crippen molar-refractivity contribution in [2.75, 3.05) is 39.8 Å². The van der Waals surface area contributed by atoms with E-state index < -0.39 is 0 Å². The highest BCUT2D eigenvalue weighted by molar-refractivity contribution is 5.78. The largest absolute Gasteiger partial charge is 0.461 e. The maximum atomic E-state index is 12.7. The Balaban J connectivity index is 1.22. The van der Waals surface area contributed by atoms with Gasteiger partial charge >= 0.3 is 0 Å². The second-order valence-corrected chi connectivity index (χ2v) is 7.47. The third-order valence-corrected chi connectivity index (χ3v) is 5.13. The molecule has 0 spiro atoms. The third-order valence-electron chi connectivity index (χ3n) is 5.13. The first-order chi connectivity index (χ1) is 14.2. The minimum Gasteiger partial charge on any atom is -0.461 e.